The Kier molecular flexibility index (Phi) is 1.89. The lowest BCUT2D eigenvalue weighted by molar-refractivity contribution is 0.176. The van der Waals surface area contributed by atoms with Gasteiger partial charge in [0.1, 0.15) is 24.0 Å². The summed E-state index contributed by atoms with van der Waals surface area (Å²) >= 11 is 0. The molecule has 0 spiro atoms. The topological polar surface area (TPSA) is 51.5 Å². The Morgan fingerprint density at radius 1 is 1.38 bits per heavy atom. The highest BCUT2D eigenvalue weighted by atomic mass is 16.6. The van der Waals surface area contributed by atoms with Crippen LogP contribution >= 0.6 is 0 Å². The molecule has 1 N–H and O–H groups in total. The van der Waals surface area contributed by atoms with Crippen molar-refractivity contribution < 1.29 is 13.9 Å². The quantitative estimate of drug-likeness (QED) is 0.798. The monoisotopic (exact) mass is 217 g/mol. The van der Waals surface area contributed by atoms with Gasteiger partial charge in [-0.2, -0.15) is 0 Å². The molecule has 1 amide bonds. The van der Waals surface area contributed by atoms with Crippen molar-refractivity contribution in [3.8, 4) is 0 Å². The van der Waals surface area contributed by atoms with Crippen molar-refractivity contribution in [1.82, 2.24) is 5.32 Å². The van der Waals surface area contributed by atoms with E-state index in [1.54, 1.807) is 0 Å². The standard InChI is InChI=1S/C12H11NO3/c1-7-8-4-2-3-5-10(8)16-11(7)9-6-15-12(14)13-9/h2-5,9H,6H2,1H3,(H,13,14). The molecule has 2 heterocycles. The third-order valence-electron chi connectivity index (χ3n) is 2.87. The summed E-state index contributed by atoms with van der Waals surface area (Å²) < 4.78 is 10.6. The summed E-state index contributed by atoms with van der Waals surface area (Å²) in [4.78, 5) is 11.0. The van der Waals surface area contributed by atoms with Crippen LogP contribution in [0, 0.1) is 6.92 Å². The summed E-state index contributed by atoms with van der Waals surface area (Å²) in [7, 11) is 0. The summed E-state index contributed by atoms with van der Waals surface area (Å²) in [5, 5.41) is 3.80. The molecule has 0 radical (unpaired) electrons. The number of nitrogens with one attached hydrogen (secondary N) is 1. The minimum absolute atomic E-state index is 0.167. The number of carbonyl (C=O) groups excluding carboxylic acids is 1. The fourth-order valence-corrected chi connectivity index (χ4v) is 2.05. The molecular formula is C12H11NO3. The summed E-state index contributed by atoms with van der Waals surface area (Å²) in [6, 6.07) is 7.66. The van der Waals surface area contributed by atoms with E-state index in [-0.39, 0.29) is 12.1 Å². The molecule has 1 atom stereocenters. The summed E-state index contributed by atoms with van der Waals surface area (Å²) in [5.41, 5.74) is 1.91. The van der Waals surface area contributed by atoms with Crippen LogP contribution in [0.25, 0.3) is 11.0 Å². The first-order chi connectivity index (χ1) is 7.75. The lowest BCUT2D eigenvalue weighted by Gasteiger charge is -2.03. The van der Waals surface area contributed by atoms with Gasteiger partial charge in [-0.25, -0.2) is 4.79 Å². The predicted octanol–water partition coefficient (Wildman–Crippen LogP) is 2.52. The summed E-state index contributed by atoms with van der Waals surface area (Å²) in [6.07, 6.45) is -0.384. The molecule has 82 valence electrons. The van der Waals surface area contributed by atoms with Gasteiger partial charge >= 0.3 is 6.09 Å². The maximum absolute atomic E-state index is 11.0. The van der Waals surface area contributed by atoms with Gasteiger partial charge in [-0.05, 0) is 13.0 Å². The van der Waals surface area contributed by atoms with Gasteiger partial charge in [0.05, 0.1) is 0 Å². The number of cyclic esters (lactones) is 1. The summed E-state index contributed by atoms with van der Waals surface area (Å²) in [5.74, 6) is 0.784. The number of para-hydroxylation sites is 1. The van der Waals surface area contributed by atoms with E-state index < -0.39 is 0 Å². The highest BCUT2D eigenvalue weighted by Gasteiger charge is 2.28. The molecule has 16 heavy (non-hydrogen) atoms. The van der Waals surface area contributed by atoms with Gasteiger partial charge in [0.25, 0.3) is 0 Å². The molecule has 1 aliphatic rings. The molecule has 4 nitrogen and oxygen atoms in total. The van der Waals surface area contributed by atoms with E-state index in [4.69, 9.17) is 9.15 Å². The molecule has 1 aromatic heterocycles. The van der Waals surface area contributed by atoms with Crippen molar-refractivity contribution in [2.24, 2.45) is 0 Å². The lowest BCUT2D eigenvalue weighted by atomic mass is 10.1. The van der Waals surface area contributed by atoms with Crippen LogP contribution in [-0.2, 0) is 4.74 Å². The van der Waals surface area contributed by atoms with E-state index in [9.17, 15) is 4.79 Å². The van der Waals surface area contributed by atoms with Crippen molar-refractivity contribution >= 4 is 17.1 Å². The molecule has 1 fully saturated rings. The lowest BCUT2D eigenvalue weighted by Crippen LogP contribution is -2.18. The number of aryl methyl sites for hydroxylation is 1. The zero-order valence-electron chi connectivity index (χ0n) is 8.82. The smallest absolute Gasteiger partial charge is 0.407 e. The highest BCUT2D eigenvalue weighted by molar-refractivity contribution is 5.82. The van der Waals surface area contributed by atoms with E-state index in [1.807, 2.05) is 31.2 Å². The number of amides is 1. The normalized spacial score (nSPS) is 19.8. The molecule has 1 saturated heterocycles. The molecule has 0 saturated carbocycles. The van der Waals surface area contributed by atoms with E-state index in [1.165, 1.54) is 0 Å². The first-order valence-corrected chi connectivity index (χ1v) is 5.17. The minimum Gasteiger partial charge on any atom is -0.458 e. The predicted molar refractivity (Wildman–Crippen MR) is 58.2 cm³/mol. The Morgan fingerprint density at radius 2 is 2.19 bits per heavy atom. The minimum atomic E-state index is -0.384. The van der Waals surface area contributed by atoms with Gasteiger partial charge in [-0.3, -0.25) is 0 Å². The molecule has 1 aromatic carbocycles. The fourth-order valence-electron chi connectivity index (χ4n) is 2.05. The Hall–Kier alpha value is -1.97. The molecule has 1 unspecified atom stereocenters. The molecule has 4 heteroatoms. The van der Waals surface area contributed by atoms with Crippen LogP contribution in [0.4, 0.5) is 4.79 Å². The van der Waals surface area contributed by atoms with Gasteiger partial charge in [0, 0.05) is 10.9 Å². The zero-order chi connectivity index (χ0) is 11.1. The second-order valence-corrected chi connectivity index (χ2v) is 3.88. The van der Waals surface area contributed by atoms with Crippen LogP contribution in [-0.4, -0.2) is 12.7 Å². The van der Waals surface area contributed by atoms with Gasteiger partial charge in [0.2, 0.25) is 0 Å². The highest BCUT2D eigenvalue weighted by Crippen LogP contribution is 2.30. The number of rotatable bonds is 1. The number of ether oxygens (including phenoxy) is 1. The van der Waals surface area contributed by atoms with Crippen molar-refractivity contribution in [2.45, 2.75) is 13.0 Å². The maximum Gasteiger partial charge on any atom is 0.407 e. The maximum atomic E-state index is 11.0. The summed E-state index contributed by atoms with van der Waals surface area (Å²) in [6.45, 7) is 2.32. The largest absolute Gasteiger partial charge is 0.458 e. The van der Waals surface area contributed by atoms with E-state index >= 15 is 0 Å². The van der Waals surface area contributed by atoms with E-state index in [0.29, 0.717) is 6.61 Å². The van der Waals surface area contributed by atoms with E-state index in [0.717, 1.165) is 22.3 Å². The first-order valence-electron chi connectivity index (χ1n) is 5.17. The molecule has 0 aliphatic carbocycles. The average Bonchev–Trinajstić information content (AvgIpc) is 2.84. The van der Waals surface area contributed by atoms with Gasteiger partial charge < -0.3 is 14.5 Å². The number of carbonyl (C=O) groups is 1. The van der Waals surface area contributed by atoms with Crippen LogP contribution < -0.4 is 5.32 Å². The Morgan fingerprint density at radius 3 is 2.88 bits per heavy atom. The van der Waals surface area contributed by atoms with E-state index in [2.05, 4.69) is 5.32 Å². The van der Waals surface area contributed by atoms with Crippen molar-refractivity contribution in [1.29, 1.82) is 0 Å². The number of fused-ring (bicyclic) bond motifs is 1. The van der Waals surface area contributed by atoms with Crippen LogP contribution in [0.1, 0.15) is 17.4 Å². The first kappa shape index (κ1) is 9.27. The second kappa shape index (κ2) is 3.27. The number of alkyl carbamates (subject to hydrolysis) is 1. The molecule has 0 bridgehead atoms. The van der Waals surface area contributed by atoms with Gasteiger partial charge in [-0.15, -0.1) is 0 Å². The average molecular weight is 217 g/mol. The third kappa shape index (κ3) is 1.26. The van der Waals surface area contributed by atoms with Crippen molar-refractivity contribution in [3.05, 3.63) is 35.6 Å². The van der Waals surface area contributed by atoms with Gasteiger partial charge in [0.15, 0.2) is 0 Å². The third-order valence-corrected chi connectivity index (χ3v) is 2.87. The number of hydrogen-bond acceptors (Lipinski definition) is 3. The number of hydrogen-bond donors (Lipinski definition) is 1. The Balaban J connectivity index is 2.10. The molecule has 3 rings (SSSR count). The van der Waals surface area contributed by atoms with Crippen LogP contribution in [0.5, 0.6) is 0 Å². The zero-order valence-corrected chi connectivity index (χ0v) is 8.82. The molecule has 1 aliphatic heterocycles. The SMILES string of the molecule is Cc1c(C2COC(=O)N2)oc2ccccc12. The fraction of sp³-hybridized carbons (Fsp3) is 0.250. The second-order valence-electron chi connectivity index (χ2n) is 3.88. The molecular weight excluding hydrogens is 206 g/mol. The van der Waals surface area contributed by atoms with Crippen molar-refractivity contribution in [2.75, 3.05) is 6.61 Å². The van der Waals surface area contributed by atoms with Crippen LogP contribution in [0.2, 0.25) is 0 Å². The van der Waals surface area contributed by atoms with Crippen LogP contribution in [0.15, 0.2) is 28.7 Å². The van der Waals surface area contributed by atoms with Crippen molar-refractivity contribution in [3.63, 3.8) is 0 Å². The number of benzene rings is 1. The molecule has 2 aromatic rings. The Labute approximate surface area is 92.2 Å². The van der Waals surface area contributed by atoms with Gasteiger partial charge in [-0.1, -0.05) is 18.2 Å². The number of furan rings is 1. The Bertz CT molecular complexity index is 558. The van der Waals surface area contributed by atoms with Crippen LogP contribution in [0.3, 0.4) is 0 Å².